The van der Waals surface area contributed by atoms with Crippen LogP contribution in [0.3, 0.4) is 0 Å². The highest BCUT2D eigenvalue weighted by atomic mass is 32.2. The maximum absolute atomic E-state index is 12.7. The monoisotopic (exact) mass is 313 g/mol. The molecular formula is C14H19NO3S2. The second kappa shape index (κ2) is 5.15. The van der Waals surface area contributed by atoms with E-state index in [0.717, 1.165) is 19.4 Å². The first-order chi connectivity index (χ1) is 9.52. The van der Waals surface area contributed by atoms with Crippen LogP contribution in [0.25, 0.3) is 0 Å². The molecule has 3 rings (SSSR count). The van der Waals surface area contributed by atoms with E-state index in [9.17, 15) is 13.2 Å². The Kier molecular flexibility index (Phi) is 3.62. The molecule has 0 saturated carbocycles. The molecule has 0 aromatic carbocycles. The molecule has 4 nitrogen and oxygen atoms in total. The minimum atomic E-state index is -3.00. The average molecular weight is 313 g/mol. The van der Waals surface area contributed by atoms with Crippen LogP contribution in [0, 0.1) is 5.92 Å². The molecule has 0 bridgehead atoms. The lowest BCUT2D eigenvalue weighted by Gasteiger charge is -2.36. The van der Waals surface area contributed by atoms with Crippen LogP contribution in [-0.4, -0.2) is 37.3 Å². The van der Waals surface area contributed by atoms with E-state index in [4.69, 9.17) is 0 Å². The lowest BCUT2D eigenvalue weighted by atomic mass is 9.95. The van der Waals surface area contributed by atoms with E-state index < -0.39 is 9.84 Å². The van der Waals surface area contributed by atoms with Crippen LogP contribution in [0.5, 0.6) is 0 Å². The van der Waals surface area contributed by atoms with E-state index in [0.29, 0.717) is 6.42 Å². The Morgan fingerprint density at radius 3 is 2.95 bits per heavy atom. The third-order valence-corrected chi connectivity index (χ3v) is 7.11. The standard InChI is InChI=1S/C14H19NO3S2/c1-2-12-11-4-7-19-13(11)3-6-15(12)14(16)10-5-8-20(17,18)9-10/h4,7,10,12H,2-3,5-6,8-9H2,1H3/t10-,12+/m0/s1. The van der Waals surface area contributed by atoms with Gasteiger partial charge in [0.2, 0.25) is 5.91 Å². The van der Waals surface area contributed by atoms with Crippen LogP contribution in [0.2, 0.25) is 0 Å². The number of hydrogen-bond acceptors (Lipinski definition) is 4. The summed E-state index contributed by atoms with van der Waals surface area (Å²) in [6.45, 7) is 2.81. The van der Waals surface area contributed by atoms with Gasteiger partial charge in [-0.1, -0.05) is 6.92 Å². The molecule has 1 amide bonds. The molecule has 110 valence electrons. The highest BCUT2D eigenvalue weighted by molar-refractivity contribution is 7.91. The largest absolute Gasteiger partial charge is 0.335 e. The van der Waals surface area contributed by atoms with Gasteiger partial charge in [-0.3, -0.25) is 4.79 Å². The molecule has 0 spiro atoms. The Hall–Kier alpha value is -0.880. The number of fused-ring (bicyclic) bond motifs is 1. The number of sulfone groups is 1. The fraction of sp³-hybridized carbons (Fsp3) is 0.643. The topological polar surface area (TPSA) is 54.5 Å². The number of nitrogens with zero attached hydrogens (tertiary/aromatic N) is 1. The first kappa shape index (κ1) is 14.1. The van der Waals surface area contributed by atoms with Gasteiger partial charge in [0.05, 0.1) is 23.5 Å². The molecule has 2 aliphatic heterocycles. The third kappa shape index (κ3) is 2.39. The van der Waals surface area contributed by atoms with Gasteiger partial charge < -0.3 is 4.90 Å². The lowest BCUT2D eigenvalue weighted by Crippen LogP contribution is -2.42. The van der Waals surface area contributed by atoms with Gasteiger partial charge in [-0.25, -0.2) is 8.42 Å². The summed E-state index contributed by atoms with van der Waals surface area (Å²) < 4.78 is 23.1. The maximum Gasteiger partial charge on any atom is 0.227 e. The predicted molar refractivity (Wildman–Crippen MR) is 79.5 cm³/mol. The van der Waals surface area contributed by atoms with Gasteiger partial charge in [0.25, 0.3) is 0 Å². The quantitative estimate of drug-likeness (QED) is 0.839. The van der Waals surface area contributed by atoms with Crippen molar-refractivity contribution in [2.45, 2.75) is 32.2 Å². The molecule has 1 fully saturated rings. The average Bonchev–Trinajstić information content (AvgIpc) is 3.02. The molecule has 2 atom stereocenters. The summed E-state index contributed by atoms with van der Waals surface area (Å²) in [6, 6.07) is 2.24. The Morgan fingerprint density at radius 1 is 1.50 bits per heavy atom. The van der Waals surface area contributed by atoms with Crippen molar-refractivity contribution in [1.82, 2.24) is 4.90 Å². The first-order valence-corrected chi connectivity index (χ1v) is 9.79. The molecule has 0 unspecified atom stereocenters. The Morgan fingerprint density at radius 2 is 2.30 bits per heavy atom. The van der Waals surface area contributed by atoms with Gasteiger partial charge in [-0.2, -0.15) is 0 Å². The molecule has 0 aliphatic carbocycles. The zero-order chi connectivity index (χ0) is 14.3. The van der Waals surface area contributed by atoms with Crippen molar-refractivity contribution >= 4 is 27.1 Å². The first-order valence-electron chi connectivity index (χ1n) is 7.09. The van der Waals surface area contributed by atoms with Crippen LogP contribution in [0.1, 0.15) is 36.2 Å². The van der Waals surface area contributed by atoms with Crippen molar-refractivity contribution in [3.8, 4) is 0 Å². The Bertz CT molecular complexity index is 620. The van der Waals surface area contributed by atoms with E-state index >= 15 is 0 Å². The third-order valence-electron chi connectivity index (χ3n) is 4.35. The summed E-state index contributed by atoms with van der Waals surface area (Å²) in [5.74, 6) is -0.0866. The highest BCUT2D eigenvalue weighted by Crippen LogP contribution is 2.36. The summed E-state index contributed by atoms with van der Waals surface area (Å²) in [7, 11) is -3.00. The molecule has 2 aliphatic rings. The number of rotatable bonds is 2. The molecule has 6 heteroatoms. The number of carbonyl (C=O) groups is 1. The summed E-state index contributed by atoms with van der Waals surface area (Å²) in [5.41, 5.74) is 1.26. The summed E-state index contributed by atoms with van der Waals surface area (Å²) in [5, 5.41) is 2.08. The van der Waals surface area contributed by atoms with Crippen molar-refractivity contribution in [3.63, 3.8) is 0 Å². The lowest BCUT2D eigenvalue weighted by molar-refractivity contribution is -0.137. The number of thiophene rings is 1. The molecule has 0 N–H and O–H groups in total. The van der Waals surface area contributed by atoms with Crippen LogP contribution in [-0.2, 0) is 21.1 Å². The van der Waals surface area contributed by atoms with Gasteiger partial charge in [0, 0.05) is 11.4 Å². The number of hydrogen-bond donors (Lipinski definition) is 0. The SMILES string of the molecule is CC[C@@H]1c2ccsc2CCN1C(=O)[C@H]1CCS(=O)(=O)C1. The molecular weight excluding hydrogens is 294 g/mol. The van der Waals surface area contributed by atoms with Gasteiger partial charge in [-0.15, -0.1) is 11.3 Å². The van der Waals surface area contributed by atoms with E-state index in [1.165, 1.54) is 10.4 Å². The fourth-order valence-corrected chi connectivity index (χ4v) is 5.99. The second-order valence-corrected chi connectivity index (χ2v) is 8.83. The normalized spacial score (nSPS) is 28.4. The van der Waals surface area contributed by atoms with E-state index in [-0.39, 0.29) is 29.4 Å². The summed E-state index contributed by atoms with van der Waals surface area (Å²) in [6.07, 6.45) is 2.27. The van der Waals surface area contributed by atoms with Gasteiger partial charge in [0.1, 0.15) is 0 Å². The molecule has 1 saturated heterocycles. The Labute approximate surface area is 123 Å². The van der Waals surface area contributed by atoms with Crippen molar-refractivity contribution < 1.29 is 13.2 Å². The fourth-order valence-electron chi connectivity index (χ4n) is 3.32. The van der Waals surface area contributed by atoms with E-state index in [1.54, 1.807) is 11.3 Å². The van der Waals surface area contributed by atoms with Crippen LogP contribution in [0.4, 0.5) is 0 Å². The second-order valence-electron chi connectivity index (χ2n) is 5.60. The molecule has 1 aromatic rings. The highest BCUT2D eigenvalue weighted by Gasteiger charge is 2.39. The van der Waals surface area contributed by atoms with Crippen LogP contribution >= 0.6 is 11.3 Å². The molecule has 20 heavy (non-hydrogen) atoms. The maximum atomic E-state index is 12.7. The Balaban J connectivity index is 1.82. The van der Waals surface area contributed by atoms with Gasteiger partial charge in [0.15, 0.2) is 9.84 Å². The van der Waals surface area contributed by atoms with E-state index in [2.05, 4.69) is 18.4 Å². The summed E-state index contributed by atoms with van der Waals surface area (Å²) in [4.78, 5) is 15.9. The van der Waals surface area contributed by atoms with Gasteiger partial charge in [-0.05, 0) is 36.3 Å². The van der Waals surface area contributed by atoms with Crippen molar-refractivity contribution in [2.24, 2.45) is 5.92 Å². The molecule has 1 aromatic heterocycles. The predicted octanol–water partition coefficient (Wildman–Crippen LogP) is 2.02. The molecule has 3 heterocycles. The number of carbonyl (C=O) groups excluding carboxylic acids is 1. The van der Waals surface area contributed by atoms with Crippen molar-refractivity contribution in [2.75, 3.05) is 18.1 Å². The van der Waals surface area contributed by atoms with Gasteiger partial charge >= 0.3 is 0 Å². The van der Waals surface area contributed by atoms with Crippen LogP contribution < -0.4 is 0 Å². The van der Waals surface area contributed by atoms with Crippen molar-refractivity contribution in [3.05, 3.63) is 21.9 Å². The zero-order valence-electron chi connectivity index (χ0n) is 11.5. The summed E-state index contributed by atoms with van der Waals surface area (Å²) >= 11 is 1.76. The van der Waals surface area contributed by atoms with Crippen LogP contribution in [0.15, 0.2) is 11.4 Å². The minimum absolute atomic E-state index is 0.0368. The smallest absolute Gasteiger partial charge is 0.227 e. The minimum Gasteiger partial charge on any atom is -0.335 e. The number of amides is 1. The molecule has 0 radical (unpaired) electrons. The van der Waals surface area contributed by atoms with Crippen molar-refractivity contribution in [1.29, 1.82) is 0 Å². The van der Waals surface area contributed by atoms with E-state index in [1.807, 2.05) is 4.90 Å². The zero-order valence-corrected chi connectivity index (χ0v) is 13.2.